The van der Waals surface area contributed by atoms with Crippen LogP contribution < -0.4 is 10.6 Å². The third-order valence-electron chi connectivity index (χ3n) is 2.61. The van der Waals surface area contributed by atoms with Crippen LogP contribution in [0.5, 0.6) is 0 Å². The van der Waals surface area contributed by atoms with Gasteiger partial charge in [0, 0.05) is 24.2 Å². The summed E-state index contributed by atoms with van der Waals surface area (Å²) in [5, 5.41) is 5.78. The highest BCUT2D eigenvalue weighted by atomic mass is 33.1. The van der Waals surface area contributed by atoms with E-state index in [1.165, 1.54) is 6.26 Å². The van der Waals surface area contributed by atoms with Gasteiger partial charge in [-0.25, -0.2) is 8.42 Å². The molecule has 0 radical (unpaired) electrons. The zero-order valence-electron chi connectivity index (χ0n) is 11.9. The number of anilines is 1. The summed E-state index contributed by atoms with van der Waals surface area (Å²) in [6.07, 6.45) is 1.17. The summed E-state index contributed by atoms with van der Waals surface area (Å²) in [6.45, 7) is 4.52. The van der Waals surface area contributed by atoms with E-state index in [4.69, 9.17) is 0 Å². The molecule has 0 aliphatic rings. The number of hydrogen-bond donors (Lipinski definition) is 2. The molecule has 5 nitrogen and oxygen atoms in total. The highest BCUT2D eigenvalue weighted by molar-refractivity contribution is 8.71. The van der Waals surface area contributed by atoms with Gasteiger partial charge in [-0.3, -0.25) is 4.79 Å². The Bertz CT molecular complexity index is 551. The molecule has 0 aliphatic carbocycles. The van der Waals surface area contributed by atoms with Crippen LogP contribution in [-0.2, 0) is 13.7 Å². The van der Waals surface area contributed by atoms with Gasteiger partial charge in [0.15, 0.2) is 8.87 Å². The standard InChI is InChI=1S/C13H20N2O3S2.CH4/c1-10-5-4-6-11(2)13(10)15-12(16)9-14-7-8-19-20(3,17)18;/h4-6,14H,7-9H2,1-3H3,(H,15,16);1H4. The number of para-hydroxylation sites is 1. The maximum atomic E-state index is 11.8. The molecular weight excluding hydrogens is 308 g/mol. The Kier molecular flexibility index (Phi) is 8.61. The average molecular weight is 332 g/mol. The first kappa shape index (κ1) is 19.9. The number of carbonyl (C=O) groups excluding carboxylic acids is 1. The van der Waals surface area contributed by atoms with Crippen LogP contribution >= 0.6 is 10.8 Å². The lowest BCUT2D eigenvalue weighted by atomic mass is 10.1. The molecule has 1 amide bonds. The second kappa shape index (κ2) is 9.07. The monoisotopic (exact) mass is 332 g/mol. The van der Waals surface area contributed by atoms with Crippen LogP contribution in [0.2, 0.25) is 0 Å². The molecule has 0 heterocycles. The van der Waals surface area contributed by atoms with Crippen molar-refractivity contribution < 1.29 is 13.2 Å². The molecule has 0 saturated carbocycles. The van der Waals surface area contributed by atoms with Crippen LogP contribution in [0, 0.1) is 13.8 Å². The molecule has 0 aliphatic heterocycles. The molecule has 21 heavy (non-hydrogen) atoms. The zero-order valence-corrected chi connectivity index (χ0v) is 13.5. The van der Waals surface area contributed by atoms with Crippen molar-refractivity contribution in [3.8, 4) is 0 Å². The highest BCUT2D eigenvalue weighted by Gasteiger charge is 2.07. The Morgan fingerprint density at radius 3 is 2.33 bits per heavy atom. The molecule has 1 aromatic carbocycles. The fraction of sp³-hybridized carbons (Fsp3) is 0.500. The van der Waals surface area contributed by atoms with E-state index in [2.05, 4.69) is 10.6 Å². The van der Waals surface area contributed by atoms with Crippen molar-refractivity contribution in [3.63, 3.8) is 0 Å². The quantitative estimate of drug-likeness (QED) is 0.591. The summed E-state index contributed by atoms with van der Waals surface area (Å²) in [5.41, 5.74) is 2.88. The van der Waals surface area contributed by atoms with E-state index in [0.29, 0.717) is 12.3 Å². The van der Waals surface area contributed by atoms with Crippen LogP contribution in [0.1, 0.15) is 18.6 Å². The van der Waals surface area contributed by atoms with Crippen LogP contribution in [0.3, 0.4) is 0 Å². The lowest BCUT2D eigenvalue weighted by Crippen LogP contribution is -2.30. The molecule has 0 fully saturated rings. The van der Waals surface area contributed by atoms with Crippen molar-refractivity contribution in [2.75, 3.05) is 30.4 Å². The lowest BCUT2D eigenvalue weighted by molar-refractivity contribution is -0.115. The van der Waals surface area contributed by atoms with Crippen molar-refractivity contribution in [3.05, 3.63) is 29.3 Å². The molecule has 1 rings (SSSR count). The van der Waals surface area contributed by atoms with Crippen molar-refractivity contribution in [2.45, 2.75) is 21.3 Å². The minimum Gasteiger partial charge on any atom is -0.324 e. The summed E-state index contributed by atoms with van der Waals surface area (Å²) in [5.74, 6) is 0.293. The predicted molar refractivity (Wildman–Crippen MR) is 91.4 cm³/mol. The van der Waals surface area contributed by atoms with Gasteiger partial charge in [-0.05, 0) is 35.8 Å². The summed E-state index contributed by atoms with van der Waals surface area (Å²) in [7, 11) is -2.14. The number of benzene rings is 1. The van der Waals surface area contributed by atoms with Gasteiger partial charge < -0.3 is 10.6 Å². The lowest BCUT2D eigenvalue weighted by Gasteiger charge is -2.11. The fourth-order valence-corrected chi connectivity index (χ4v) is 3.35. The summed E-state index contributed by atoms with van der Waals surface area (Å²) in [6, 6.07) is 5.83. The molecule has 2 N–H and O–H groups in total. The second-order valence-corrected chi connectivity index (χ2v) is 9.09. The third-order valence-corrected chi connectivity index (χ3v) is 5.19. The number of carbonyl (C=O) groups is 1. The maximum Gasteiger partial charge on any atom is 0.238 e. The van der Waals surface area contributed by atoms with E-state index in [9.17, 15) is 13.2 Å². The van der Waals surface area contributed by atoms with Gasteiger partial charge in [0.1, 0.15) is 0 Å². The second-order valence-electron chi connectivity index (χ2n) is 4.52. The average Bonchev–Trinajstić information content (AvgIpc) is 2.32. The number of amides is 1. The van der Waals surface area contributed by atoms with Gasteiger partial charge in [-0.2, -0.15) is 0 Å². The predicted octanol–water partition coefficient (Wildman–Crippen LogP) is 2.16. The van der Waals surface area contributed by atoms with Gasteiger partial charge in [0.2, 0.25) is 5.91 Å². The molecular formula is C14H24N2O3S2. The van der Waals surface area contributed by atoms with Gasteiger partial charge >= 0.3 is 0 Å². The van der Waals surface area contributed by atoms with E-state index >= 15 is 0 Å². The Hall–Kier alpha value is -1.05. The topological polar surface area (TPSA) is 75.3 Å². The van der Waals surface area contributed by atoms with Crippen LogP contribution in [0.15, 0.2) is 18.2 Å². The smallest absolute Gasteiger partial charge is 0.238 e. The van der Waals surface area contributed by atoms with Crippen LogP contribution in [-0.4, -0.2) is 39.4 Å². The molecule has 0 spiro atoms. The maximum absolute atomic E-state index is 11.8. The summed E-state index contributed by atoms with van der Waals surface area (Å²) < 4.78 is 21.8. The first-order valence-corrected chi connectivity index (χ1v) is 9.60. The fourth-order valence-electron chi connectivity index (χ4n) is 1.66. The molecule has 1 aromatic rings. The molecule has 120 valence electrons. The minimum absolute atomic E-state index is 0. The Balaban J connectivity index is 0.00000400. The molecule has 0 saturated heterocycles. The van der Waals surface area contributed by atoms with Crippen molar-refractivity contribution in [1.29, 1.82) is 0 Å². The van der Waals surface area contributed by atoms with Crippen molar-refractivity contribution in [2.24, 2.45) is 0 Å². The number of aryl methyl sites for hydroxylation is 2. The number of hydrogen-bond acceptors (Lipinski definition) is 5. The van der Waals surface area contributed by atoms with Gasteiger partial charge in [0.25, 0.3) is 0 Å². The SMILES string of the molecule is C.Cc1cccc(C)c1NC(=O)CNCCSS(C)(=O)=O. The number of rotatable bonds is 7. The van der Waals surface area contributed by atoms with E-state index in [-0.39, 0.29) is 19.9 Å². The van der Waals surface area contributed by atoms with E-state index in [1.54, 1.807) is 0 Å². The third kappa shape index (κ3) is 8.08. The Morgan fingerprint density at radius 1 is 1.24 bits per heavy atom. The molecule has 0 unspecified atom stereocenters. The zero-order chi connectivity index (χ0) is 15.2. The van der Waals surface area contributed by atoms with E-state index in [0.717, 1.165) is 27.6 Å². The minimum atomic E-state index is -3.01. The number of nitrogens with one attached hydrogen (secondary N) is 2. The van der Waals surface area contributed by atoms with E-state index < -0.39 is 8.87 Å². The first-order valence-electron chi connectivity index (χ1n) is 6.21. The molecule has 0 atom stereocenters. The molecule has 0 aromatic heterocycles. The first-order chi connectivity index (χ1) is 9.29. The molecule has 7 heteroatoms. The van der Waals surface area contributed by atoms with Crippen LogP contribution in [0.4, 0.5) is 5.69 Å². The van der Waals surface area contributed by atoms with Crippen LogP contribution in [0.25, 0.3) is 0 Å². The normalized spacial score (nSPS) is 10.8. The highest BCUT2D eigenvalue weighted by Crippen LogP contribution is 2.18. The Labute approximate surface area is 131 Å². The van der Waals surface area contributed by atoms with Crippen molar-refractivity contribution in [1.82, 2.24) is 5.32 Å². The van der Waals surface area contributed by atoms with Gasteiger partial charge in [-0.15, -0.1) is 0 Å². The van der Waals surface area contributed by atoms with Gasteiger partial charge in [0.05, 0.1) is 6.54 Å². The Morgan fingerprint density at radius 2 is 1.81 bits per heavy atom. The summed E-state index contributed by atoms with van der Waals surface area (Å²) in [4.78, 5) is 11.8. The largest absolute Gasteiger partial charge is 0.324 e. The van der Waals surface area contributed by atoms with Crippen molar-refractivity contribution >= 4 is 31.3 Å². The van der Waals surface area contributed by atoms with Gasteiger partial charge in [-0.1, -0.05) is 25.6 Å². The summed E-state index contributed by atoms with van der Waals surface area (Å²) >= 11 is 0. The molecule has 0 bridgehead atoms. The van der Waals surface area contributed by atoms with E-state index in [1.807, 2.05) is 32.0 Å².